The highest BCUT2D eigenvalue weighted by Gasteiger charge is 2.22. The van der Waals surface area contributed by atoms with Crippen molar-refractivity contribution >= 4 is 5.90 Å². The smallest absolute Gasteiger partial charge is 0.263 e. The second-order valence-electron chi connectivity index (χ2n) is 2.66. The number of hydrogen-bond acceptors (Lipinski definition) is 4. The summed E-state index contributed by atoms with van der Waals surface area (Å²) in [5, 5.41) is 12.8. The first-order valence-corrected chi connectivity index (χ1v) is 3.97. The van der Waals surface area contributed by atoms with E-state index in [2.05, 4.69) is 9.99 Å². The van der Waals surface area contributed by atoms with Gasteiger partial charge >= 0.3 is 0 Å². The van der Waals surface area contributed by atoms with Crippen molar-refractivity contribution in [2.24, 2.45) is 5.16 Å². The Hall–Kier alpha value is -1.55. The van der Waals surface area contributed by atoms with Gasteiger partial charge < -0.3 is 14.7 Å². The minimum absolute atomic E-state index is 0.169. The third kappa shape index (κ3) is 1.78. The first kappa shape index (κ1) is 8.07. The van der Waals surface area contributed by atoms with Crippen molar-refractivity contribution in [2.45, 2.75) is 6.10 Å². The zero-order valence-electron chi connectivity index (χ0n) is 6.88. The van der Waals surface area contributed by atoms with Gasteiger partial charge in [-0.2, -0.15) is 0 Å². The fourth-order valence-electron chi connectivity index (χ4n) is 1.000. The van der Waals surface area contributed by atoms with Gasteiger partial charge in [0, 0.05) is 0 Å². The molecule has 4 heteroatoms. The number of nitrogens with zero attached hydrogens (tertiary/aromatic N) is 1. The molecule has 68 valence electrons. The maximum atomic E-state index is 9.27. The van der Waals surface area contributed by atoms with Crippen LogP contribution in [-0.2, 0) is 4.84 Å². The fraction of sp³-hybridized carbons (Fsp3) is 0.222. The van der Waals surface area contributed by atoms with E-state index in [4.69, 9.17) is 4.74 Å². The van der Waals surface area contributed by atoms with E-state index < -0.39 is 6.10 Å². The van der Waals surface area contributed by atoms with Crippen LogP contribution in [0.4, 0.5) is 0 Å². The quantitative estimate of drug-likeness (QED) is 0.692. The molecule has 1 aliphatic rings. The van der Waals surface area contributed by atoms with Gasteiger partial charge in [0.15, 0.2) is 12.7 Å². The normalized spacial score (nSPS) is 20.7. The van der Waals surface area contributed by atoms with Crippen LogP contribution >= 0.6 is 0 Å². The highest BCUT2D eigenvalue weighted by Crippen LogP contribution is 2.12. The van der Waals surface area contributed by atoms with Crippen LogP contribution in [0.15, 0.2) is 35.5 Å². The predicted molar refractivity (Wildman–Crippen MR) is 46.5 cm³/mol. The monoisotopic (exact) mass is 179 g/mol. The molecule has 0 saturated carbocycles. The van der Waals surface area contributed by atoms with Gasteiger partial charge in [-0.3, -0.25) is 0 Å². The van der Waals surface area contributed by atoms with E-state index in [0.29, 0.717) is 5.75 Å². The van der Waals surface area contributed by atoms with E-state index in [9.17, 15) is 5.11 Å². The van der Waals surface area contributed by atoms with E-state index in [1.165, 1.54) is 0 Å². The third-order valence-electron chi connectivity index (χ3n) is 1.64. The molecule has 1 N–H and O–H groups in total. The van der Waals surface area contributed by atoms with E-state index >= 15 is 0 Å². The van der Waals surface area contributed by atoms with Crippen LogP contribution in [-0.4, -0.2) is 23.7 Å². The number of oxime groups is 1. The number of aliphatic hydroxyl groups is 1. The molecule has 0 saturated heterocycles. The van der Waals surface area contributed by atoms with Crippen molar-refractivity contribution in [2.75, 3.05) is 6.61 Å². The lowest BCUT2D eigenvalue weighted by Crippen LogP contribution is -2.24. The van der Waals surface area contributed by atoms with Gasteiger partial charge in [0.25, 0.3) is 5.90 Å². The van der Waals surface area contributed by atoms with Gasteiger partial charge in [-0.1, -0.05) is 18.2 Å². The predicted octanol–water partition coefficient (Wildman–Crippen LogP) is 0.770. The zero-order valence-corrected chi connectivity index (χ0v) is 6.88. The van der Waals surface area contributed by atoms with E-state index in [-0.39, 0.29) is 12.5 Å². The molecule has 1 atom stereocenters. The minimum Gasteiger partial charge on any atom is -0.438 e. The third-order valence-corrected chi connectivity index (χ3v) is 1.64. The van der Waals surface area contributed by atoms with E-state index in [1.807, 2.05) is 18.2 Å². The van der Waals surface area contributed by atoms with Crippen molar-refractivity contribution < 1.29 is 14.7 Å². The molecule has 0 spiro atoms. The Morgan fingerprint density at radius 3 is 2.77 bits per heavy atom. The van der Waals surface area contributed by atoms with Crippen LogP contribution in [0.2, 0.25) is 0 Å². The maximum Gasteiger partial charge on any atom is 0.263 e. The van der Waals surface area contributed by atoms with Crippen LogP contribution in [0, 0.1) is 0 Å². The Bertz CT molecular complexity index is 310. The summed E-state index contributed by atoms with van der Waals surface area (Å²) in [5.74, 6) is 0.858. The lowest BCUT2D eigenvalue weighted by molar-refractivity contribution is 0.104. The van der Waals surface area contributed by atoms with Gasteiger partial charge in [0.05, 0.1) is 0 Å². The average Bonchev–Trinajstić information content (AvgIpc) is 2.54. The van der Waals surface area contributed by atoms with Crippen LogP contribution in [0.1, 0.15) is 0 Å². The van der Waals surface area contributed by atoms with Crippen molar-refractivity contribution in [3.8, 4) is 5.75 Å². The summed E-state index contributed by atoms with van der Waals surface area (Å²) in [4.78, 5) is 4.65. The molecule has 1 aromatic rings. The van der Waals surface area contributed by atoms with Crippen molar-refractivity contribution in [3.05, 3.63) is 30.3 Å². The molecule has 2 rings (SSSR count). The largest absolute Gasteiger partial charge is 0.438 e. The summed E-state index contributed by atoms with van der Waals surface area (Å²) in [7, 11) is 0. The Balaban J connectivity index is 2.06. The molecular formula is C9H9NO3. The van der Waals surface area contributed by atoms with Gasteiger partial charge in [0.2, 0.25) is 0 Å². The Kier molecular flexibility index (Phi) is 2.14. The highest BCUT2D eigenvalue weighted by atomic mass is 16.7. The van der Waals surface area contributed by atoms with Crippen LogP contribution in [0.5, 0.6) is 5.75 Å². The summed E-state index contributed by atoms with van der Waals surface area (Å²) in [6.07, 6.45) is -0.750. The molecule has 4 nitrogen and oxygen atoms in total. The molecule has 1 heterocycles. The molecule has 0 fully saturated rings. The molecule has 0 radical (unpaired) electrons. The van der Waals surface area contributed by atoms with Crippen molar-refractivity contribution in [1.29, 1.82) is 0 Å². The zero-order chi connectivity index (χ0) is 9.10. The van der Waals surface area contributed by atoms with E-state index in [1.54, 1.807) is 12.1 Å². The second-order valence-corrected chi connectivity index (χ2v) is 2.66. The van der Waals surface area contributed by atoms with Crippen LogP contribution < -0.4 is 4.74 Å². The molecule has 13 heavy (non-hydrogen) atoms. The summed E-state index contributed by atoms with van der Waals surface area (Å²) < 4.78 is 5.26. The number of rotatable bonds is 1. The number of para-hydroxylation sites is 1. The number of hydrogen-bond donors (Lipinski definition) is 1. The number of benzene rings is 1. The highest BCUT2D eigenvalue weighted by molar-refractivity contribution is 5.83. The Morgan fingerprint density at radius 2 is 2.15 bits per heavy atom. The SMILES string of the molecule is O[C@@H]1CON=C1Oc1ccccc1. The Morgan fingerprint density at radius 1 is 1.38 bits per heavy atom. The van der Waals surface area contributed by atoms with Crippen LogP contribution in [0.3, 0.4) is 0 Å². The summed E-state index contributed by atoms with van der Waals surface area (Å²) >= 11 is 0. The number of aliphatic hydroxyl groups excluding tert-OH is 1. The van der Waals surface area contributed by atoms with E-state index in [0.717, 1.165) is 0 Å². The van der Waals surface area contributed by atoms with Gasteiger partial charge in [0.1, 0.15) is 5.75 Å². The lowest BCUT2D eigenvalue weighted by Gasteiger charge is -2.04. The van der Waals surface area contributed by atoms with Gasteiger partial charge in [-0.15, -0.1) is 0 Å². The molecule has 0 bridgehead atoms. The molecule has 1 aliphatic heterocycles. The van der Waals surface area contributed by atoms with Gasteiger partial charge in [-0.25, -0.2) is 0 Å². The van der Waals surface area contributed by atoms with Crippen LogP contribution in [0.25, 0.3) is 0 Å². The molecule has 0 aliphatic carbocycles. The summed E-state index contributed by atoms with van der Waals surface area (Å²) in [5.41, 5.74) is 0. The topological polar surface area (TPSA) is 51.0 Å². The standard InChI is InChI=1S/C9H9NO3/c11-8-6-12-10-9(8)13-7-4-2-1-3-5-7/h1-5,8,11H,6H2/t8-/m1/s1. The first-order valence-electron chi connectivity index (χ1n) is 3.97. The summed E-state index contributed by atoms with van der Waals surface area (Å²) in [6.45, 7) is 0.169. The molecule has 0 aromatic heterocycles. The molecule has 1 aromatic carbocycles. The molecule has 0 amide bonds. The van der Waals surface area contributed by atoms with Crippen molar-refractivity contribution in [3.63, 3.8) is 0 Å². The number of ether oxygens (including phenoxy) is 1. The first-order chi connectivity index (χ1) is 6.36. The minimum atomic E-state index is -0.750. The van der Waals surface area contributed by atoms with Gasteiger partial charge in [-0.05, 0) is 17.3 Å². The summed E-state index contributed by atoms with van der Waals surface area (Å²) in [6, 6.07) is 9.15. The lowest BCUT2D eigenvalue weighted by atomic mass is 10.3. The molecule has 0 unspecified atom stereocenters. The van der Waals surface area contributed by atoms with Crippen molar-refractivity contribution in [1.82, 2.24) is 0 Å². The maximum absolute atomic E-state index is 9.27. The fourth-order valence-corrected chi connectivity index (χ4v) is 1.000. The average molecular weight is 179 g/mol. The second kappa shape index (κ2) is 3.45. The Labute approximate surface area is 75.4 Å². The molecular weight excluding hydrogens is 170 g/mol.